The lowest BCUT2D eigenvalue weighted by atomic mass is 10.2. The molecular formula is C12H14BrNO4. The van der Waals surface area contributed by atoms with Crippen LogP contribution in [0.1, 0.15) is 30.1 Å². The second-order valence-corrected chi connectivity index (χ2v) is 4.61. The highest BCUT2D eigenvalue weighted by Gasteiger charge is 2.22. The Morgan fingerprint density at radius 2 is 2.17 bits per heavy atom. The quantitative estimate of drug-likeness (QED) is 0.643. The zero-order valence-corrected chi connectivity index (χ0v) is 11.4. The fraction of sp³-hybridized carbons (Fsp3) is 0.333. The van der Waals surface area contributed by atoms with E-state index in [4.69, 9.17) is 15.6 Å². The number of ether oxygens (including phenoxy) is 1. The fourth-order valence-electron chi connectivity index (χ4n) is 1.36. The van der Waals surface area contributed by atoms with E-state index in [1.807, 2.05) is 6.92 Å². The number of esters is 1. The van der Waals surface area contributed by atoms with E-state index in [0.717, 1.165) is 0 Å². The van der Waals surface area contributed by atoms with Gasteiger partial charge in [-0.25, -0.2) is 9.59 Å². The lowest BCUT2D eigenvalue weighted by molar-refractivity contribution is -0.147. The molecule has 1 atom stereocenters. The summed E-state index contributed by atoms with van der Waals surface area (Å²) in [4.78, 5) is 22.6. The highest BCUT2D eigenvalue weighted by Crippen LogP contribution is 2.21. The minimum absolute atomic E-state index is 0.234. The summed E-state index contributed by atoms with van der Waals surface area (Å²) < 4.78 is 5.59. The molecule has 0 aliphatic heterocycles. The zero-order chi connectivity index (χ0) is 13.7. The summed E-state index contributed by atoms with van der Waals surface area (Å²) in [7, 11) is 0. The van der Waals surface area contributed by atoms with Gasteiger partial charge in [0.05, 0.1) is 5.56 Å². The lowest BCUT2D eigenvalue weighted by Gasteiger charge is -2.13. The van der Waals surface area contributed by atoms with Crippen molar-refractivity contribution >= 4 is 33.6 Å². The van der Waals surface area contributed by atoms with Gasteiger partial charge in [-0.2, -0.15) is 0 Å². The highest BCUT2D eigenvalue weighted by molar-refractivity contribution is 9.10. The van der Waals surface area contributed by atoms with Crippen molar-refractivity contribution in [3.63, 3.8) is 0 Å². The minimum Gasteiger partial charge on any atom is -0.479 e. The number of hydrogen-bond donors (Lipinski definition) is 2. The molecule has 0 amide bonds. The Labute approximate surface area is 113 Å². The van der Waals surface area contributed by atoms with Crippen LogP contribution in [0.25, 0.3) is 0 Å². The van der Waals surface area contributed by atoms with E-state index in [9.17, 15) is 9.59 Å². The topological polar surface area (TPSA) is 89.6 Å². The van der Waals surface area contributed by atoms with Crippen LogP contribution in [0.15, 0.2) is 22.7 Å². The molecule has 0 saturated heterocycles. The van der Waals surface area contributed by atoms with Gasteiger partial charge in [-0.1, -0.05) is 13.3 Å². The van der Waals surface area contributed by atoms with E-state index >= 15 is 0 Å². The van der Waals surface area contributed by atoms with E-state index in [0.29, 0.717) is 16.6 Å². The number of rotatable bonds is 5. The van der Waals surface area contributed by atoms with Crippen LogP contribution < -0.4 is 5.73 Å². The zero-order valence-electron chi connectivity index (χ0n) is 9.85. The number of nitrogen functional groups attached to an aromatic ring is 1. The van der Waals surface area contributed by atoms with Crippen molar-refractivity contribution in [1.29, 1.82) is 0 Å². The summed E-state index contributed by atoms with van der Waals surface area (Å²) in [5.41, 5.74) is 6.27. The molecule has 0 aromatic heterocycles. The molecule has 0 aliphatic carbocycles. The SMILES string of the molecule is CCCC(OC(=O)c1ccc(Br)c(N)c1)C(=O)O. The molecule has 1 rings (SSSR count). The Kier molecular flexibility index (Phi) is 5.15. The number of benzene rings is 1. The van der Waals surface area contributed by atoms with Crippen LogP contribution in [0.2, 0.25) is 0 Å². The Balaban J connectivity index is 2.80. The van der Waals surface area contributed by atoms with Gasteiger partial charge in [0.15, 0.2) is 6.10 Å². The van der Waals surface area contributed by atoms with Crippen molar-refractivity contribution in [3.8, 4) is 0 Å². The maximum Gasteiger partial charge on any atom is 0.345 e. The summed E-state index contributed by atoms with van der Waals surface area (Å²) in [6.07, 6.45) is -0.216. The summed E-state index contributed by atoms with van der Waals surface area (Å²) in [5, 5.41) is 8.89. The third-order valence-electron chi connectivity index (χ3n) is 2.31. The number of aliphatic carboxylic acids is 1. The average Bonchev–Trinajstić information content (AvgIpc) is 2.31. The molecule has 98 valence electrons. The van der Waals surface area contributed by atoms with E-state index in [2.05, 4.69) is 15.9 Å². The molecule has 1 unspecified atom stereocenters. The first kappa shape index (κ1) is 14.5. The third kappa shape index (κ3) is 3.73. The van der Waals surface area contributed by atoms with Crippen molar-refractivity contribution in [2.45, 2.75) is 25.9 Å². The molecule has 0 heterocycles. The first-order chi connectivity index (χ1) is 8.45. The van der Waals surface area contributed by atoms with Crippen LogP contribution in [0.4, 0.5) is 5.69 Å². The maximum absolute atomic E-state index is 11.7. The molecule has 5 nitrogen and oxygen atoms in total. The summed E-state index contributed by atoms with van der Waals surface area (Å²) in [6.45, 7) is 1.82. The molecule has 0 aliphatic rings. The van der Waals surface area contributed by atoms with Crippen LogP contribution in [0.5, 0.6) is 0 Å². The van der Waals surface area contributed by atoms with Gasteiger partial charge in [0, 0.05) is 10.2 Å². The van der Waals surface area contributed by atoms with E-state index in [1.54, 1.807) is 6.07 Å². The summed E-state index contributed by atoms with van der Waals surface area (Å²) in [6, 6.07) is 4.58. The molecule has 1 aromatic rings. The maximum atomic E-state index is 11.7. The van der Waals surface area contributed by atoms with Gasteiger partial charge in [-0.05, 0) is 40.5 Å². The second-order valence-electron chi connectivity index (χ2n) is 3.76. The van der Waals surface area contributed by atoms with Gasteiger partial charge >= 0.3 is 11.9 Å². The first-order valence-electron chi connectivity index (χ1n) is 5.44. The summed E-state index contributed by atoms with van der Waals surface area (Å²) in [5.74, 6) is -1.83. The molecule has 0 radical (unpaired) electrons. The molecular weight excluding hydrogens is 302 g/mol. The number of carbonyl (C=O) groups excluding carboxylic acids is 1. The predicted octanol–water partition coefficient (Wildman–Crippen LogP) is 2.44. The standard InChI is InChI=1S/C12H14BrNO4/c1-2-3-10(11(15)16)18-12(17)7-4-5-8(13)9(14)6-7/h4-6,10H,2-3,14H2,1H3,(H,15,16). The highest BCUT2D eigenvalue weighted by atomic mass is 79.9. The van der Waals surface area contributed by atoms with Crippen LogP contribution in [-0.2, 0) is 9.53 Å². The van der Waals surface area contributed by atoms with Crippen molar-refractivity contribution < 1.29 is 19.4 Å². The number of anilines is 1. The molecule has 18 heavy (non-hydrogen) atoms. The van der Waals surface area contributed by atoms with E-state index in [-0.39, 0.29) is 12.0 Å². The van der Waals surface area contributed by atoms with Gasteiger partial charge in [0.1, 0.15) is 0 Å². The third-order valence-corrected chi connectivity index (χ3v) is 3.03. The van der Waals surface area contributed by atoms with Crippen molar-refractivity contribution in [1.82, 2.24) is 0 Å². The van der Waals surface area contributed by atoms with Crippen LogP contribution >= 0.6 is 15.9 Å². The fourth-order valence-corrected chi connectivity index (χ4v) is 1.61. The number of carboxylic acid groups (broad SMARTS) is 1. The molecule has 1 aromatic carbocycles. The average molecular weight is 316 g/mol. The normalized spacial score (nSPS) is 11.9. The molecule has 6 heteroatoms. The summed E-state index contributed by atoms with van der Waals surface area (Å²) >= 11 is 3.21. The molecule has 3 N–H and O–H groups in total. The van der Waals surface area contributed by atoms with Gasteiger partial charge in [0.2, 0.25) is 0 Å². The Bertz CT molecular complexity index is 461. The first-order valence-corrected chi connectivity index (χ1v) is 6.23. The van der Waals surface area contributed by atoms with Crippen LogP contribution in [-0.4, -0.2) is 23.1 Å². The molecule has 0 fully saturated rings. The number of carbonyl (C=O) groups is 2. The van der Waals surface area contributed by atoms with Gasteiger partial charge in [-0.15, -0.1) is 0 Å². The van der Waals surface area contributed by atoms with Crippen molar-refractivity contribution in [3.05, 3.63) is 28.2 Å². The van der Waals surface area contributed by atoms with Crippen LogP contribution in [0.3, 0.4) is 0 Å². The number of carboxylic acids is 1. The monoisotopic (exact) mass is 315 g/mol. The van der Waals surface area contributed by atoms with Crippen LogP contribution in [0, 0.1) is 0 Å². The lowest BCUT2D eigenvalue weighted by Crippen LogP contribution is -2.26. The van der Waals surface area contributed by atoms with Gasteiger partial charge in [-0.3, -0.25) is 0 Å². The van der Waals surface area contributed by atoms with Crippen molar-refractivity contribution in [2.24, 2.45) is 0 Å². The minimum atomic E-state index is -1.14. The van der Waals surface area contributed by atoms with Crippen molar-refractivity contribution in [2.75, 3.05) is 5.73 Å². The Hall–Kier alpha value is -1.56. The largest absolute Gasteiger partial charge is 0.479 e. The number of nitrogens with two attached hydrogens (primary N) is 1. The predicted molar refractivity (Wildman–Crippen MR) is 70.3 cm³/mol. The molecule has 0 saturated carbocycles. The smallest absolute Gasteiger partial charge is 0.345 e. The second kappa shape index (κ2) is 6.39. The number of halogens is 1. The van der Waals surface area contributed by atoms with Gasteiger partial charge < -0.3 is 15.6 Å². The van der Waals surface area contributed by atoms with Gasteiger partial charge in [0.25, 0.3) is 0 Å². The van der Waals surface area contributed by atoms with E-state index in [1.165, 1.54) is 12.1 Å². The number of hydrogen-bond acceptors (Lipinski definition) is 4. The van der Waals surface area contributed by atoms with E-state index < -0.39 is 18.0 Å². The molecule has 0 bridgehead atoms. The molecule has 0 spiro atoms. The Morgan fingerprint density at radius 1 is 1.50 bits per heavy atom. The Morgan fingerprint density at radius 3 is 2.67 bits per heavy atom.